The van der Waals surface area contributed by atoms with Crippen molar-refractivity contribution in [3.63, 3.8) is 0 Å². The first-order chi connectivity index (χ1) is 6.27. The largest absolute Gasteiger partial charge is 2.00 e. The summed E-state index contributed by atoms with van der Waals surface area (Å²) in [5, 5.41) is 0. The smallest absolute Gasteiger partial charge is 1.00 e. The van der Waals surface area contributed by atoms with Crippen LogP contribution in [0.15, 0.2) is 12.7 Å². The fourth-order valence-corrected chi connectivity index (χ4v) is 1.20. The molecule has 5 nitrogen and oxygen atoms in total. The molecule has 0 aliphatic heterocycles. The number of rotatable bonds is 5. The Morgan fingerprint density at radius 2 is 2.07 bits per heavy atom. The van der Waals surface area contributed by atoms with Crippen LogP contribution in [0.4, 0.5) is 0 Å². The van der Waals surface area contributed by atoms with E-state index in [0.717, 1.165) is 6.08 Å². The van der Waals surface area contributed by atoms with Crippen molar-refractivity contribution < 1.29 is 20.3 Å². The molecule has 0 heterocycles. The van der Waals surface area contributed by atoms with E-state index in [1.54, 1.807) is 12.4 Å². The predicted molar refractivity (Wildman–Crippen MR) is 60.7 cm³/mol. The summed E-state index contributed by atoms with van der Waals surface area (Å²) in [4.78, 5) is 10.7. The maximum atomic E-state index is 11.4. The van der Waals surface area contributed by atoms with Gasteiger partial charge in [0, 0.05) is 0 Å². The Morgan fingerprint density at radius 3 is 2.40 bits per heavy atom. The van der Waals surface area contributed by atoms with E-state index < -0.39 is 20.8 Å². The third-order valence-corrected chi connectivity index (χ3v) is 3.91. The molecule has 0 bridgehead atoms. The fraction of sp³-hybridized carbons (Fsp3) is 0.625. The zero-order valence-corrected chi connectivity index (χ0v) is 11.5. The van der Waals surface area contributed by atoms with Gasteiger partial charge in [-0.1, -0.05) is 13.5 Å². The Labute approximate surface area is 109 Å². The molecular formula is C8H17MgNO4S. The zero-order valence-electron chi connectivity index (χ0n) is 11.2. The van der Waals surface area contributed by atoms with Gasteiger partial charge in [-0.25, -0.2) is 5.48 Å². The molecule has 0 spiro atoms. The Balaban J connectivity index is -0.000000282. The average molecular weight is 248 g/mol. The van der Waals surface area contributed by atoms with Crippen LogP contribution in [-0.2, 0) is 19.2 Å². The average Bonchev–Trinajstić information content (AvgIpc) is 2.13. The van der Waals surface area contributed by atoms with Gasteiger partial charge in [-0.2, -0.15) is 8.42 Å². The van der Waals surface area contributed by atoms with Crippen molar-refractivity contribution in [2.24, 2.45) is 0 Å². The van der Waals surface area contributed by atoms with Crippen LogP contribution in [0.3, 0.4) is 0 Å². The van der Waals surface area contributed by atoms with E-state index in [0.29, 0.717) is 6.42 Å². The van der Waals surface area contributed by atoms with Crippen molar-refractivity contribution in [3.8, 4) is 0 Å². The summed E-state index contributed by atoms with van der Waals surface area (Å²) in [6.45, 7) is 7.91. The topological polar surface area (TPSA) is 72.5 Å². The van der Waals surface area contributed by atoms with E-state index in [1.807, 2.05) is 0 Å². The second kappa shape index (κ2) is 6.46. The summed E-state index contributed by atoms with van der Waals surface area (Å²) < 4.78 is 26.2. The van der Waals surface area contributed by atoms with E-state index in [2.05, 4.69) is 10.9 Å². The van der Waals surface area contributed by atoms with E-state index in [9.17, 15) is 13.2 Å². The standard InChI is InChI=1S/C8H15NO4S.Mg.2H/c1-5-7(10)9-13-14(11,12)8(3,4)6-2;;;/h5H,1,6H2,2-4H3,(H,9,10);;;/q;+2;2*-1. The van der Waals surface area contributed by atoms with Crippen LogP contribution >= 0.6 is 0 Å². The van der Waals surface area contributed by atoms with Crippen LogP contribution in [0.1, 0.15) is 30.0 Å². The Kier molecular flexibility index (Phi) is 7.45. The van der Waals surface area contributed by atoms with E-state index in [4.69, 9.17) is 0 Å². The number of amides is 1. The number of hydrogen-bond donors (Lipinski definition) is 1. The molecule has 0 fully saturated rings. The van der Waals surface area contributed by atoms with Gasteiger partial charge in [-0.15, -0.1) is 4.28 Å². The van der Waals surface area contributed by atoms with Crippen molar-refractivity contribution in [3.05, 3.63) is 12.7 Å². The van der Waals surface area contributed by atoms with Gasteiger partial charge < -0.3 is 2.85 Å². The molecule has 1 amide bonds. The number of carbonyl (C=O) groups is 1. The number of hydroxylamine groups is 1. The first-order valence-corrected chi connectivity index (χ1v) is 5.53. The van der Waals surface area contributed by atoms with Gasteiger partial charge in [0.2, 0.25) is 0 Å². The van der Waals surface area contributed by atoms with Gasteiger partial charge in [0.15, 0.2) is 0 Å². The number of hydrogen-bond acceptors (Lipinski definition) is 4. The SMILES string of the molecule is C=CC(=O)NOS(=O)(=O)C(C)(C)CC.[H-].[H-].[Mg+2]. The maximum Gasteiger partial charge on any atom is 2.00 e. The molecule has 0 aromatic carbocycles. The minimum atomic E-state index is -3.79. The third kappa shape index (κ3) is 4.96. The first kappa shape index (κ1) is 17.3. The molecule has 1 N–H and O–H groups in total. The molecule has 0 rings (SSSR count). The Morgan fingerprint density at radius 1 is 1.60 bits per heavy atom. The van der Waals surface area contributed by atoms with Crippen molar-refractivity contribution >= 4 is 39.1 Å². The Bertz CT molecular complexity index is 332. The monoisotopic (exact) mass is 247 g/mol. The van der Waals surface area contributed by atoms with Gasteiger partial charge in [0.1, 0.15) is 0 Å². The summed E-state index contributed by atoms with van der Waals surface area (Å²) in [7, 11) is -3.79. The molecule has 0 radical (unpaired) electrons. The molecule has 0 saturated carbocycles. The van der Waals surface area contributed by atoms with Gasteiger partial charge in [0.25, 0.3) is 16.0 Å². The van der Waals surface area contributed by atoms with Crippen molar-refractivity contribution in [1.82, 2.24) is 5.48 Å². The molecule has 0 aromatic heterocycles. The van der Waals surface area contributed by atoms with Crippen LogP contribution in [0.25, 0.3) is 0 Å². The van der Waals surface area contributed by atoms with E-state index >= 15 is 0 Å². The molecule has 0 saturated heterocycles. The minimum absolute atomic E-state index is 0. The molecule has 0 unspecified atom stereocenters. The molecule has 86 valence electrons. The summed E-state index contributed by atoms with van der Waals surface area (Å²) in [6.07, 6.45) is 1.31. The van der Waals surface area contributed by atoms with Gasteiger partial charge in [-0.05, 0) is 26.3 Å². The number of carbonyl (C=O) groups excluding carboxylic acids is 1. The quantitative estimate of drug-likeness (QED) is 0.438. The van der Waals surface area contributed by atoms with Crippen molar-refractivity contribution in [1.29, 1.82) is 0 Å². The summed E-state index contributed by atoms with van der Waals surface area (Å²) in [6, 6.07) is 0. The van der Waals surface area contributed by atoms with Crippen molar-refractivity contribution in [2.45, 2.75) is 31.9 Å². The molecule has 7 heteroatoms. The van der Waals surface area contributed by atoms with E-state index in [-0.39, 0.29) is 25.9 Å². The van der Waals surface area contributed by atoms with Crippen LogP contribution in [0.5, 0.6) is 0 Å². The van der Waals surface area contributed by atoms with Gasteiger partial charge in [-0.3, -0.25) is 4.79 Å². The third-order valence-electron chi connectivity index (χ3n) is 1.97. The first-order valence-electron chi connectivity index (χ1n) is 4.12. The second-order valence-electron chi connectivity index (χ2n) is 3.32. The summed E-state index contributed by atoms with van der Waals surface area (Å²) in [5.41, 5.74) is 1.77. The zero-order chi connectivity index (χ0) is 11.4. The summed E-state index contributed by atoms with van der Waals surface area (Å²) >= 11 is 0. The predicted octanol–water partition coefficient (Wildman–Crippen LogP) is 0.583. The molecular weight excluding hydrogens is 230 g/mol. The minimum Gasteiger partial charge on any atom is -1.00 e. The second-order valence-corrected chi connectivity index (χ2v) is 5.50. The van der Waals surface area contributed by atoms with Crippen molar-refractivity contribution in [2.75, 3.05) is 0 Å². The van der Waals surface area contributed by atoms with Crippen LogP contribution < -0.4 is 5.48 Å². The van der Waals surface area contributed by atoms with Crippen LogP contribution in [0.2, 0.25) is 0 Å². The molecule has 0 aliphatic rings. The molecule has 0 aliphatic carbocycles. The molecule has 0 aromatic rings. The normalized spacial score (nSPS) is 11.4. The maximum absolute atomic E-state index is 11.4. The summed E-state index contributed by atoms with van der Waals surface area (Å²) in [5.74, 6) is -0.694. The van der Waals surface area contributed by atoms with Crippen LogP contribution in [-0.4, -0.2) is 42.1 Å². The van der Waals surface area contributed by atoms with Gasteiger partial charge >= 0.3 is 23.1 Å². The molecule has 15 heavy (non-hydrogen) atoms. The fourth-order valence-electron chi connectivity index (χ4n) is 0.427. The van der Waals surface area contributed by atoms with Gasteiger partial charge in [0.05, 0.1) is 4.75 Å². The molecule has 0 atom stereocenters. The van der Waals surface area contributed by atoms with Crippen LogP contribution in [0, 0.1) is 0 Å². The number of nitrogens with one attached hydrogen (secondary N) is 1. The van der Waals surface area contributed by atoms with E-state index in [1.165, 1.54) is 13.8 Å². The Hall–Kier alpha value is -0.114.